The molecule has 0 fully saturated rings. The first-order valence-corrected chi connectivity index (χ1v) is 8.86. The SMILES string of the molecule is CCCCCSC1Cc2ccc(OC)cc2C1NCC. The van der Waals surface area contributed by atoms with Gasteiger partial charge in [0.05, 0.1) is 7.11 Å². The topological polar surface area (TPSA) is 21.3 Å². The number of thioether (sulfide) groups is 1. The van der Waals surface area contributed by atoms with E-state index >= 15 is 0 Å². The fraction of sp³-hybridized carbons (Fsp3) is 0.647. The van der Waals surface area contributed by atoms with Crippen LogP contribution < -0.4 is 10.1 Å². The van der Waals surface area contributed by atoms with Gasteiger partial charge in [-0.25, -0.2) is 0 Å². The number of ether oxygens (including phenoxy) is 1. The number of rotatable bonds is 8. The second-order valence-corrected chi connectivity index (χ2v) is 6.77. The Morgan fingerprint density at radius 3 is 2.85 bits per heavy atom. The second-order valence-electron chi connectivity index (χ2n) is 5.42. The molecule has 2 unspecified atom stereocenters. The molecule has 2 rings (SSSR count). The monoisotopic (exact) mass is 293 g/mol. The van der Waals surface area contributed by atoms with Crippen LogP contribution in [0.15, 0.2) is 18.2 Å². The van der Waals surface area contributed by atoms with Gasteiger partial charge < -0.3 is 10.1 Å². The van der Waals surface area contributed by atoms with Crippen LogP contribution in [0.25, 0.3) is 0 Å². The van der Waals surface area contributed by atoms with Crippen molar-refractivity contribution in [2.24, 2.45) is 0 Å². The lowest BCUT2D eigenvalue weighted by Crippen LogP contribution is -2.27. The largest absolute Gasteiger partial charge is 0.497 e. The first-order chi connectivity index (χ1) is 9.80. The Labute approximate surface area is 127 Å². The normalized spacial score (nSPS) is 20.9. The molecule has 0 aromatic heterocycles. The van der Waals surface area contributed by atoms with Gasteiger partial charge in [0, 0.05) is 11.3 Å². The maximum atomic E-state index is 5.38. The molecule has 0 saturated heterocycles. The van der Waals surface area contributed by atoms with E-state index in [4.69, 9.17) is 4.74 Å². The van der Waals surface area contributed by atoms with Crippen molar-refractivity contribution >= 4 is 11.8 Å². The van der Waals surface area contributed by atoms with Crippen molar-refractivity contribution in [1.29, 1.82) is 0 Å². The molecule has 20 heavy (non-hydrogen) atoms. The van der Waals surface area contributed by atoms with Gasteiger partial charge in [0.1, 0.15) is 5.75 Å². The minimum atomic E-state index is 0.483. The van der Waals surface area contributed by atoms with Crippen LogP contribution in [0, 0.1) is 0 Å². The van der Waals surface area contributed by atoms with Crippen LogP contribution in [0.4, 0.5) is 0 Å². The molecule has 0 amide bonds. The van der Waals surface area contributed by atoms with Gasteiger partial charge in [-0.3, -0.25) is 0 Å². The summed E-state index contributed by atoms with van der Waals surface area (Å²) in [5, 5.41) is 4.34. The van der Waals surface area contributed by atoms with Gasteiger partial charge in [-0.1, -0.05) is 32.8 Å². The average molecular weight is 293 g/mol. The zero-order chi connectivity index (χ0) is 14.4. The molecule has 0 spiro atoms. The zero-order valence-corrected chi connectivity index (χ0v) is 13.8. The molecule has 0 bridgehead atoms. The summed E-state index contributed by atoms with van der Waals surface area (Å²) in [6, 6.07) is 7.03. The maximum Gasteiger partial charge on any atom is 0.119 e. The van der Waals surface area contributed by atoms with E-state index in [-0.39, 0.29) is 0 Å². The van der Waals surface area contributed by atoms with Crippen LogP contribution in [0.2, 0.25) is 0 Å². The van der Waals surface area contributed by atoms with Gasteiger partial charge >= 0.3 is 0 Å². The zero-order valence-electron chi connectivity index (χ0n) is 12.9. The van der Waals surface area contributed by atoms with E-state index in [0.29, 0.717) is 11.3 Å². The number of unbranched alkanes of at least 4 members (excludes halogenated alkanes) is 2. The van der Waals surface area contributed by atoms with Gasteiger partial charge in [-0.15, -0.1) is 0 Å². The quantitative estimate of drug-likeness (QED) is 0.726. The number of benzene rings is 1. The average Bonchev–Trinajstić information content (AvgIpc) is 2.81. The summed E-state index contributed by atoms with van der Waals surface area (Å²) < 4.78 is 5.38. The lowest BCUT2D eigenvalue weighted by atomic mass is 10.1. The fourth-order valence-corrected chi connectivity index (χ4v) is 4.32. The van der Waals surface area contributed by atoms with Crippen LogP contribution in [0.3, 0.4) is 0 Å². The van der Waals surface area contributed by atoms with Crippen molar-refractivity contribution in [3.05, 3.63) is 29.3 Å². The highest BCUT2D eigenvalue weighted by atomic mass is 32.2. The predicted octanol–water partition coefficient (Wildman–Crippen LogP) is 4.19. The summed E-state index contributed by atoms with van der Waals surface area (Å²) in [6.07, 6.45) is 5.19. The second kappa shape index (κ2) is 7.94. The third kappa shape index (κ3) is 3.70. The highest BCUT2D eigenvalue weighted by molar-refractivity contribution is 7.99. The van der Waals surface area contributed by atoms with Gasteiger partial charge in [0.2, 0.25) is 0 Å². The predicted molar refractivity (Wildman–Crippen MR) is 88.9 cm³/mol. The molecule has 3 heteroatoms. The number of fused-ring (bicyclic) bond motifs is 1. The third-order valence-corrected chi connectivity index (χ3v) is 5.38. The Morgan fingerprint density at radius 2 is 2.15 bits per heavy atom. The van der Waals surface area contributed by atoms with E-state index in [1.165, 1.54) is 42.6 Å². The van der Waals surface area contributed by atoms with Crippen LogP contribution in [-0.4, -0.2) is 24.7 Å². The van der Waals surface area contributed by atoms with E-state index < -0.39 is 0 Å². The molecule has 1 aromatic carbocycles. The van der Waals surface area contributed by atoms with Gasteiger partial charge in [-0.05, 0) is 48.4 Å². The minimum Gasteiger partial charge on any atom is -0.497 e. The first kappa shape index (κ1) is 15.7. The number of methoxy groups -OCH3 is 1. The highest BCUT2D eigenvalue weighted by Crippen LogP contribution is 2.40. The molecule has 1 N–H and O–H groups in total. The Balaban J connectivity index is 2.04. The van der Waals surface area contributed by atoms with E-state index in [1.807, 2.05) is 0 Å². The molecular formula is C17H27NOS. The summed E-state index contributed by atoms with van der Waals surface area (Å²) in [5.74, 6) is 2.26. The van der Waals surface area contributed by atoms with Gasteiger partial charge in [0.25, 0.3) is 0 Å². The Morgan fingerprint density at radius 1 is 1.30 bits per heavy atom. The number of hydrogen-bond donors (Lipinski definition) is 1. The van der Waals surface area contributed by atoms with Crippen LogP contribution in [0.1, 0.15) is 50.3 Å². The van der Waals surface area contributed by atoms with Crippen molar-refractivity contribution < 1.29 is 4.74 Å². The summed E-state index contributed by atoms with van der Waals surface area (Å²) in [4.78, 5) is 0. The summed E-state index contributed by atoms with van der Waals surface area (Å²) in [7, 11) is 1.75. The summed E-state index contributed by atoms with van der Waals surface area (Å²) >= 11 is 2.14. The Kier molecular flexibility index (Phi) is 6.24. The molecule has 0 radical (unpaired) electrons. The Bertz CT molecular complexity index is 421. The molecule has 1 aliphatic carbocycles. The van der Waals surface area contributed by atoms with E-state index in [1.54, 1.807) is 7.11 Å². The van der Waals surface area contributed by atoms with Gasteiger partial charge in [-0.2, -0.15) is 11.8 Å². The maximum absolute atomic E-state index is 5.38. The summed E-state index contributed by atoms with van der Waals surface area (Å²) in [6.45, 7) is 5.48. The standard InChI is InChI=1S/C17H27NOS/c1-4-6-7-10-20-16-11-13-8-9-14(19-3)12-15(13)17(16)18-5-2/h8-9,12,16-18H,4-7,10-11H2,1-3H3. The van der Waals surface area contributed by atoms with E-state index in [2.05, 4.69) is 49.1 Å². The number of nitrogens with one attached hydrogen (secondary N) is 1. The molecule has 112 valence electrons. The van der Waals surface area contributed by atoms with Crippen molar-refractivity contribution in [2.45, 2.75) is 50.8 Å². The van der Waals surface area contributed by atoms with Crippen molar-refractivity contribution in [1.82, 2.24) is 5.32 Å². The Hall–Kier alpha value is -0.670. The van der Waals surface area contributed by atoms with Crippen LogP contribution >= 0.6 is 11.8 Å². The molecule has 0 heterocycles. The molecule has 0 aliphatic heterocycles. The molecule has 2 nitrogen and oxygen atoms in total. The summed E-state index contributed by atoms with van der Waals surface area (Å²) in [5.41, 5.74) is 2.93. The van der Waals surface area contributed by atoms with Crippen molar-refractivity contribution in [3.8, 4) is 5.75 Å². The smallest absolute Gasteiger partial charge is 0.119 e. The molecular weight excluding hydrogens is 266 g/mol. The van der Waals surface area contributed by atoms with Crippen molar-refractivity contribution in [2.75, 3.05) is 19.4 Å². The third-order valence-electron chi connectivity index (χ3n) is 3.98. The van der Waals surface area contributed by atoms with Crippen molar-refractivity contribution in [3.63, 3.8) is 0 Å². The van der Waals surface area contributed by atoms with Crippen LogP contribution in [0.5, 0.6) is 5.75 Å². The van der Waals surface area contributed by atoms with Crippen LogP contribution in [-0.2, 0) is 6.42 Å². The lowest BCUT2D eigenvalue weighted by molar-refractivity contribution is 0.413. The minimum absolute atomic E-state index is 0.483. The lowest BCUT2D eigenvalue weighted by Gasteiger charge is -2.21. The first-order valence-electron chi connectivity index (χ1n) is 7.82. The fourth-order valence-electron chi connectivity index (χ4n) is 2.91. The molecule has 1 aromatic rings. The highest BCUT2D eigenvalue weighted by Gasteiger charge is 2.32. The molecule has 1 aliphatic rings. The number of hydrogen-bond acceptors (Lipinski definition) is 3. The van der Waals surface area contributed by atoms with E-state index in [0.717, 1.165) is 12.3 Å². The molecule has 2 atom stereocenters. The van der Waals surface area contributed by atoms with Gasteiger partial charge in [0.15, 0.2) is 0 Å². The molecule has 0 saturated carbocycles. The van der Waals surface area contributed by atoms with E-state index in [9.17, 15) is 0 Å².